The lowest BCUT2D eigenvalue weighted by Crippen LogP contribution is -2.27. The fourth-order valence-corrected chi connectivity index (χ4v) is 3.55. The molecule has 1 aromatic heterocycles. The van der Waals surface area contributed by atoms with Crippen LogP contribution in [0.4, 0.5) is 10.5 Å². The van der Waals surface area contributed by atoms with Gasteiger partial charge in [-0.2, -0.15) is 0 Å². The Morgan fingerprint density at radius 3 is 2.36 bits per heavy atom. The summed E-state index contributed by atoms with van der Waals surface area (Å²) in [5.74, 6) is -0.887. The number of aliphatic imine (C=N–C) groups is 1. The van der Waals surface area contributed by atoms with E-state index in [-0.39, 0.29) is 12.6 Å². The van der Waals surface area contributed by atoms with Crippen LogP contribution in [0.15, 0.2) is 84.0 Å². The minimum atomic E-state index is -0.817. The molecule has 10 nitrogen and oxygen atoms in total. The maximum atomic E-state index is 12.7. The van der Waals surface area contributed by atoms with Gasteiger partial charge in [0.15, 0.2) is 0 Å². The fourth-order valence-electron chi connectivity index (χ4n) is 3.55. The molecule has 0 atom stereocenters. The van der Waals surface area contributed by atoms with E-state index < -0.39 is 23.6 Å². The van der Waals surface area contributed by atoms with Gasteiger partial charge in [-0.1, -0.05) is 30.3 Å². The third kappa shape index (κ3) is 7.45. The third-order valence-electron chi connectivity index (χ3n) is 5.29. The number of carbonyl (C=O) groups is 3. The molecule has 0 bridgehead atoms. The average molecular weight is 529 g/mol. The third-order valence-corrected chi connectivity index (χ3v) is 5.29. The number of amides is 1. The van der Waals surface area contributed by atoms with E-state index in [1.54, 1.807) is 69.4 Å². The van der Waals surface area contributed by atoms with E-state index >= 15 is 0 Å². The molecule has 0 aliphatic heterocycles. The number of hydrogen-bond acceptors (Lipinski definition) is 6. The Bertz CT molecular complexity index is 1520. The average Bonchev–Trinajstić information content (AvgIpc) is 3.30. The maximum absolute atomic E-state index is 12.7. The SMILES string of the molecule is CC(C)(C)OC(=O)/N=C(\N)Nc1ccc(C(=O)Oc2ccc3c(C(=O)OCc4ccccc4)c[nH]c3c2)cc1. The van der Waals surface area contributed by atoms with Crippen molar-refractivity contribution in [2.75, 3.05) is 5.32 Å². The molecule has 4 N–H and O–H groups in total. The van der Waals surface area contributed by atoms with Crippen LogP contribution in [0.5, 0.6) is 5.75 Å². The first-order chi connectivity index (χ1) is 18.6. The van der Waals surface area contributed by atoms with Crippen LogP contribution >= 0.6 is 0 Å². The summed E-state index contributed by atoms with van der Waals surface area (Å²) in [6, 6.07) is 20.6. The molecular weight excluding hydrogens is 500 g/mol. The number of aromatic amines is 1. The number of nitrogens with zero attached hydrogens (tertiary/aromatic N) is 1. The summed E-state index contributed by atoms with van der Waals surface area (Å²) in [6.07, 6.45) is 0.746. The molecular formula is C29H28N4O6. The van der Waals surface area contributed by atoms with Gasteiger partial charge in [0.05, 0.1) is 11.1 Å². The normalized spacial score (nSPS) is 11.6. The van der Waals surface area contributed by atoms with E-state index in [9.17, 15) is 14.4 Å². The molecule has 3 aromatic carbocycles. The van der Waals surface area contributed by atoms with Crippen LogP contribution in [-0.4, -0.2) is 34.6 Å². The molecule has 1 amide bonds. The Hall–Kier alpha value is -5.12. The van der Waals surface area contributed by atoms with Gasteiger partial charge in [-0.15, -0.1) is 4.99 Å². The van der Waals surface area contributed by atoms with Gasteiger partial charge >= 0.3 is 18.0 Å². The van der Waals surface area contributed by atoms with E-state index in [1.807, 2.05) is 30.3 Å². The topological polar surface area (TPSA) is 145 Å². The van der Waals surface area contributed by atoms with Crippen molar-refractivity contribution < 1.29 is 28.6 Å². The molecule has 0 saturated heterocycles. The van der Waals surface area contributed by atoms with Gasteiger partial charge < -0.3 is 30.2 Å². The van der Waals surface area contributed by atoms with E-state index in [0.29, 0.717) is 33.5 Å². The van der Waals surface area contributed by atoms with Crippen molar-refractivity contribution in [1.29, 1.82) is 0 Å². The highest BCUT2D eigenvalue weighted by Gasteiger charge is 2.17. The Labute approximate surface area is 224 Å². The molecule has 0 spiro atoms. The number of nitrogens with two attached hydrogens (primary N) is 1. The number of nitrogens with one attached hydrogen (secondary N) is 2. The van der Waals surface area contributed by atoms with Crippen molar-refractivity contribution in [3.63, 3.8) is 0 Å². The summed E-state index contributed by atoms with van der Waals surface area (Å²) in [5, 5.41) is 3.40. The van der Waals surface area contributed by atoms with Crippen LogP contribution in [-0.2, 0) is 16.1 Å². The van der Waals surface area contributed by atoms with Gasteiger partial charge in [-0.25, -0.2) is 14.4 Å². The standard InChI is InChI=1S/C29H28N4O6/c1-29(2,3)39-28(36)33-27(30)32-20-11-9-19(10-12-20)25(34)38-21-13-14-22-23(16-31-24(22)15-21)26(35)37-17-18-7-5-4-6-8-18/h4-16,31H,17H2,1-3H3,(H3,30,32,33,36). The molecule has 1 heterocycles. The molecule has 0 radical (unpaired) electrons. The Balaban J connectivity index is 1.36. The summed E-state index contributed by atoms with van der Waals surface area (Å²) in [4.78, 5) is 43.6. The van der Waals surface area contributed by atoms with Crippen LogP contribution in [0.25, 0.3) is 10.9 Å². The number of H-pyrrole nitrogens is 1. The molecule has 10 heteroatoms. The molecule has 0 aliphatic rings. The molecule has 4 rings (SSSR count). The number of fused-ring (bicyclic) bond motifs is 1. The second-order valence-corrected chi connectivity index (χ2v) is 9.54. The molecule has 4 aromatic rings. The zero-order valence-electron chi connectivity index (χ0n) is 21.7. The largest absolute Gasteiger partial charge is 0.457 e. The van der Waals surface area contributed by atoms with Crippen molar-refractivity contribution in [3.8, 4) is 5.75 Å². The minimum Gasteiger partial charge on any atom is -0.457 e. The number of ether oxygens (including phenoxy) is 3. The van der Waals surface area contributed by atoms with E-state index in [4.69, 9.17) is 19.9 Å². The summed E-state index contributed by atoms with van der Waals surface area (Å²) < 4.78 is 16.0. The first-order valence-corrected chi connectivity index (χ1v) is 12.1. The highest BCUT2D eigenvalue weighted by Crippen LogP contribution is 2.25. The lowest BCUT2D eigenvalue weighted by atomic mass is 10.1. The van der Waals surface area contributed by atoms with E-state index in [2.05, 4.69) is 15.3 Å². The van der Waals surface area contributed by atoms with Gasteiger partial charge in [0, 0.05) is 28.9 Å². The summed E-state index contributed by atoms with van der Waals surface area (Å²) in [7, 11) is 0. The van der Waals surface area contributed by atoms with Crippen LogP contribution in [0.3, 0.4) is 0 Å². The van der Waals surface area contributed by atoms with Crippen molar-refractivity contribution in [3.05, 3.63) is 95.7 Å². The molecule has 0 saturated carbocycles. The fraction of sp³-hybridized carbons (Fsp3) is 0.172. The van der Waals surface area contributed by atoms with Gasteiger partial charge in [0.2, 0.25) is 5.96 Å². The zero-order chi connectivity index (χ0) is 28.0. The number of aromatic nitrogens is 1. The number of anilines is 1. The van der Waals surface area contributed by atoms with Crippen LogP contribution < -0.4 is 15.8 Å². The predicted octanol–water partition coefficient (Wildman–Crippen LogP) is 5.41. The maximum Gasteiger partial charge on any atom is 0.437 e. The summed E-state index contributed by atoms with van der Waals surface area (Å²) in [6.45, 7) is 5.33. The molecule has 0 fully saturated rings. The lowest BCUT2D eigenvalue weighted by molar-refractivity contribution is 0.0474. The summed E-state index contributed by atoms with van der Waals surface area (Å²) >= 11 is 0. The van der Waals surface area contributed by atoms with E-state index in [0.717, 1.165) is 5.56 Å². The molecule has 0 unspecified atom stereocenters. The molecule has 39 heavy (non-hydrogen) atoms. The van der Waals surface area contributed by atoms with Gasteiger partial charge in [-0.05, 0) is 62.7 Å². The number of benzene rings is 3. The van der Waals surface area contributed by atoms with Crippen molar-refractivity contribution in [1.82, 2.24) is 4.98 Å². The Morgan fingerprint density at radius 1 is 0.949 bits per heavy atom. The second-order valence-electron chi connectivity index (χ2n) is 9.54. The van der Waals surface area contributed by atoms with E-state index in [1.165, 1.54) is 0 Å². The van der Waals surface area contributed by atoms with Crippen LogP contribution in [0.1, 0.15) is 47.1 Å². The Kier molecular flexibility index (Phi) is 7.95. The van der Waals surface area contributed by atoms with Gasteiger partial charge in [0.1, 0.15) is 18.0 Å². The van der Waals surface area contributed by atoms with Gasteiger partial charge in [-0.3, -0.25) is 0 Å². The van der Waals surface area contributed by atoms with Crippen molar-refractivity contribution in [2.24, 2.45) is 10.7 Å². The van der Waals surface area contributed by atoms with Crippen LogP contribution in [0, 0.1) is 0 Å². The number of carbonyl (C=O) groups excluding carboxylic acids is 3. The molecule has 200 valence electrons. The van der Waals surface area contributed by atoms with Crippen LogP contribution in [0.2, 0.25) is 0 Å². The molecule has 0 aliphatic carbocycles. The highest BCUT2D eigenvalue weighted by atomic mass is 16.6. The lowest BCUT2D eigenvalue weighted by Gasteiger charge is -2.17. The minimum absolute atomic E-state index is 0.151. The smallest absolute Gasteiger partial charge is 0.437 e. The Morgan fingerprint density at radius 2 is 1.67 bits per heavy atom. The monoisotopic (exact) mass is 528 g/mol. The van der Waals surface area contributed by atoms with Crippen molar-refractivity contribution >= 4 is 40.6 Å². The first-order valence-electron chi connectivity index (χ1n) is 12.1. The number of esters is 2. The second kappa shape index (κ2) is 11.5. The predicted molar refractivity (Wildman–Crippen MR) is 147 cm³/mol. The van der Waals surface area contributed by atoms with Crippen molar-refractivity contribution in [2.45, 2.75) is 33.0 Å². The first kappa shape index (κ1) is 26.9. The van der Waals surface area contributed by atoms with Gasteiger partial charge in [0.25, 0.3) is 0 Å². The summed E-state index contributed by atoms with van der Waals surface area (Å²) in [5.41, 5.74) is 7.75. The zero-order valence-corrected chi connectivity index (χ0v) is 21.7. The highest BCUT2D eigenvalue weighted by molar-refractivity contribution is 6.04. The number of guanidine groups is 1. The number of hydrogen-bond donors (Lipinski definition) is 3. The quantitative estimate of drug-likeness (QED) is 0.130. The number of rotatable bonds is 6.